The minimum absolute atomic E-state index is 0.0989. The van der Waals surface area contributed by atoms with Crippen LogP contribution in [-0.2, 0) is 9.47 Å². The Bertz CT molecular complexity index is 200. The third-order valence-electron chi connectivity index (χ3n) is 4.40. The van der Waals surface area contributed by atoms with Crippen molar-refractivity contribution in [2.24, 2.45) is 5.92 Å². The molecule has 1 aliphatic rings. The molecule has 0 aromatic heterocycles. The van der Waals surface area contributed by atoms with Crippen LogP contribution in [0, 0.1) is 5.92 Å². The Kier molecular flexibility index (Phi) is 11.4. The first-order valence-corrected chi connectivity index (χ1v) is 9.10. The van der Waals surface area contributed by atoms with E-state index in [-0.39, 0.29) is 6.29 Å². The monoisotopic (exact) mass is 284 g/mol. The summed E-state index contributed by atoms with van der Waals surface area (Å²) in [6.07, 6.45) is 16.4. The van der Waals surface area contributed by atoms with Gasteiger partial charge in [0.2, 0.25) is 0 Å². The zero-order chi connectivity index (χ0) is 14.5. The van der Waals surface area contributed by atoms with Crippen LogP contribution in [0.1, 0.15) is 90.9 Å². The fourth-order valence-electron chi connectivity index (χ4n) is 3.09. The molecular weight excluding hydrogens is 248 g/mol. The van der Waals surface area contributed by atoms with Crippen molar-refractivity contribution in [3.63, 3.8) is 0 Å². The van der Waals surface area contributed by atoms with Gasteiger partial charge in [0.1, 0.15) is 0 Å². The normalized spacial score (nSPS) is 17.7. The van der Waals surface area contributed by atoms with Gasteiger partial charge in [-0.2, -0.15) is 0 Å². The number of hydrogen-bond donors (Lipinski definition) is 0. The van der Waals surface area contributed by atoms with Gasteiger partial charge in [0, 0.05) is 6.42 Å². The molecule has 1 saturated heterocycles. The molecule has 0 aliphatic carbocycles. The van der Waals surface area contributed by atoms with E-state index in [1.807, 2.05) is 0 Å². The molecule has 0 aromatic rings. The summed E-state index contributed by atoms with van der Waals surface area (Å²) in [5, 5.41) is 0. The van der Waals surface area contributed by atoms with Crippen LogP contribution in [0.5, 0.6) is 0 Å². The molecule has 1 heterocycles. The van der Waals surface area contributed by atoms with Crippen LogP contribution in [0.15, 0.2) is 0 Å². The highest BCUT2D eigenvalue weighted by atomic mass is 16.7. The number of ether oxygens (including phenoxy) is 2. The van der Waals surface area contributed by atoms with Crippen molar-refractivity contribution in [3.8, 4) is 0 Å². The number of unbranched alkanes of at least 4 members (excludes halogenated alkanes) is 7. The van der Waals surface area contributed by atoms with Crippen LogP contribution in [0.2, 0.25) is 0 Å². The second-order valence-corrected chi connectivity index (χ2v) is 6.33. The zero-order valence-corrected chi connectivity index (χ0v) is 13.9. The average Bonchev–Trinajstić information content (AvgIpc) is 2.96. The lowest BCUT2D eigenvalue weighted by Gasteiger charge is -2.20. The third kappa shape index (κ3) is 8.97. The molecule has 2 heteroatoms. The van der Waals surface area contributed by atoms with Gasteiger partial charge >= 0.3 is 0 Å². The molecule has 0 saturated carbocycles. The Hall–Kier alpha value is -0.0800. The summed E-state index contributed by atoms with van der Waals surface area (Å²) < 4.78 is 11.3. The summed E-state index contributed by atoms with van der Waals surface area (Å²) in [5.41, 5.74) is 0. The maximum Gasteiger partial charge on any atom is 0.158 e. The van der Waals surface area contributed by atoms with Gasteiger partial charge in [-0.15, -0.1) is 0 Å². The second-order valence-electron chi connectivity index (χ2n) is 6.33. The van der Waals surface area contributed by atoms with Gasteiger partial charge in [-0.1, -0.05) is 84.5 Å². The average molecular weight is 284 g/mol. The summed E-state index contributed by atoms with van der Waals surface area (Å²) in [7, 11) is 0. The third-order valence-corrected chi connectivity index (χ3v) is 4.40. The first kappa shape index (κ1) is 18.0. The fraction of sp³-hybridized carbons (Fsp3) is 1.00. The maximum absolute atomic E-state index is 5.63. The van der Waals surface area contributed by atoms with Crippen molar-refractivity contribution in [2.45, 2.75) is 97.2 Å². The Morgan fingerprint density at radius 1 is 0.750 bits per heavy atom. The van der Waals surface area contributed by atoms with Crippen molar-refractivity contribution < 1.29 is 9.47 Å². The number of rotatable bonds is 13. The van der Waals surface area contributed by atoms with Gasteiger partial charge in [-0.05, 0) is 5.92 Å². The van der Waals surface area contributed by atoms with E-state index in [4.69, 9.17) is 9.47 Å². The Labute approximate surface area is 126 Å². The van der Waals surface area contributed by atoms with Gasteiger partial charge in [0.15, 0.2) is 6.29 Å². The molecule has 1 rings (SSSR count). The minimum atomic E-state index is 0.0989. The van der Waals surface area contributed by atoms with E-state index < -0.39 is 0 Å². The molecule has 1 aliphatic heterocycles. The Morgan fingerprint density at radius 2 is 1.25 bits per heavy atom. The molecule has 0 bridgehead atoms. The molecule has 0 amide bonds. The lowest BCUT2D eigenvalue weighted by Crippen LogP contribution is -2.15. The van der Waals surface area contributed by atoms with Crippen LogP contribution in [0.4, 0.5) is 0 Å². The predicted octanol–water partition coefficient (Wildman–Crippen LogP) is 5.70. The first-order chi connectivity index (χ1) is 9.86. The van der Waals surface area contributed by atoms with E-state index in [1.165, 1.54) is 70.6 Å². The van der Waals surface area contributed by atoms with E-state index in [1.54, 1.807) is 0 Å². The molecule has 20 heavy (non-hydrogen) atoms. The molecule has 1 unspecified atom stereocenters. The topological polar surface area (TPSA) is 18.5 Å². The quantitative estimate of drug-likeness (QED) is 0.404. The smallest absolute Gasteiger partial charge is 0.158 e. The van der Waals surface area contributed by atoms with E-state index in [0.29, 0.717) is 0 Å². The van der Waals surface area contributed by atoms with E-state index >= 15 is 0 Å². The molecule has 0 N–H and O–H groups in total. The summed E-state index contributed by atoms with van der Waals surface area (Å²) in [6, 6.07) is 0. The van der Waals surface area contributed by atoms with E-state index in [0.717, 1.165) is 25.6 Å². The molecule has 1 atom stereocenters. The van der Waals surface area contributed by atoms with Crippen LogP contribution in [0.3, 0.4) is 0 Å². The molecule has 0 aromatic carbocycles. The summed E-state index contributed by atoms with van der Waals surface area (Å²) in [6.45, 7) is 6.16. The Morgan fingerprint density at radius 3 is 1.80 bits per heavy atom. The van der Waals surface area contributed by atoms with Gasteiger partial charge in [-0.3, -0.25) is 0 Å². The SMILES string of the molecule is CCCCCCCC(CCCCCC)CC1OCCO1. The largest absolute Gasteiger partial charge is 0.350 e. The lowest BCUT2D eigenvalue weighted by atomic mass is 9.91. The lowest BCUT2D eigenvalue weighted by molar-refractivity contribution is -0.0585. The van der Waals surface area contributed by atoms with Crippen LogP contribution in [0.25, 0.3) is 0 Å². The zero-order valence-electron chi connectivity index (χ0n) is 13.9. The Balaban J connectivity index is 2.15. The standard InChI is InChI=1S/C18H36O2/c1-3-5-7-9-11-13-17(12-10-8-6-4-2)16-18-19-14-15-20-18/h17-18H,3-16H2,1-2H3. The van der Waals surface area contributed by atoms with Crippen molar-refractivity contribution in [3.05, 3.63) is 0 Å². The summed E-state index contributed by atoms with van der Waals surface area (Å²) in [4.78, 5) is 0. The maximum atomic E-state index is 5.63. The van der Waals surface area contributed by atoms with Crippen molar-refractivity contribution in [1.82, 2.24) is 0 Å². The van der Waals surface area contributed by atoms with E-state index in [9.17, 15) is 0 Å². The first-order valence-electron chi connectivity index (χ1n) is 9.10. The summed E-state index contributed by atoms with van der Waals surface area (Å²) in [5.74, 6) is 0.816. The predicted molar refractivity (Wildman–Crippen MR) is 85.9 cm³/mol. The highest BCUT2D eigenvalue weighted by Crippen LogP contribution is 2.25. The molecule has 0 spiro atoms. The van der Waals surface area contributed by atoms with Gasteiger partial charge in [0.05, 0.1) is 13.2 Å². The van der Waals surface area contributed by atoms with Gasteiger partial charge in [0.25, 0.3) is 0 Å². The highest BCUT2D eigenvalue weighted by molar-refractivity contribution is 4.65. The highest BCUT2D eigenvalue weighted by Gasteiger charge is 2.20. The minimum Gasteiger partial charge on any atom is -0.350 e. The fourth-order valence-corrected chi connectivity index (χ4v) is 3.09. The van der Waals surface area contributed by atoms with Crippen molar-refractivity contribution in [1.29, 1.82) is 0 Å². The van der Waals surface area contributed by atoms with Gasteiger partial charge < -0.3 is 9.47 Å². The van der Waals surface area contributed by atoms with Crippen LogP contribution in [-0.4, -0.2) is 19.5 Å². The van der Waals surface area contributed by atoms with Crippen molar-refractivity contribution >= 4 is 0 Å². The second kappa shape index (κ2) is 12.6. The number of hydrogen-bond acceptors (Lipinski definition) is 2. The van der Waals surface area contributed by atoms with Crippen molar-refractivity contribution in [2.75, 3.05) is 13.2 Å². The molecular formula is C18H36O2. The molecule has 0 radical (unpaired) electrons. The summed E-state index contributed by atoms with van der Waals surface area (Å²) >= 11 is 0. The molecule has 1 fully saturated rings. The van der Waals surface area contributed by atoms with Gasteiger partial charge in [-0.25, -0.2) is 0 Å². The molecule has 120 valence electrons. The van der Waals surface area contributed by atoms with E-state index in [2.05, 4.69) is 13.8 Å². The van der Waals surface area contributed by atoms with Crippen LogP contribution >= 0.6 is 0 Å². The van der Waals surface area contributed by atoms with Crippen LogP contribution < -0.4 is 0 Å². The molecule has 2 nitrogen and oxygen atoms in total.